The van der Waals surface area contributed by atoms with Crippen molar-refractivity contribution in [1.82, 2.24) is 4.90 Å². The number of amides is 1. The molecule has 18 heavy (non-hydrogen) atoms. The van der Waals surface area contributed by atoms with Gasteiger partial charge in [0.1, 0.15) is 0 Å². The predicted octanol–water partition coefficient (Wildman–Crippen LogP) is 2.58. The molecule has 0 aromatic carbocycles. The minimum atomic E-state index is 0.222. The molecular weight excluding hydrogens is 226 g/mol. The summed E-state index contributed by atoms with van der Waals surface area (Å²) in [5, 5.41) is 8.92. The van der Waals surface area contributed by atoms with E-state index in [0.717, 1.165) is 31.8 Å². The van der Waals surface area contributed by atoms with E-state index in [1.54, 1.807) is 0 Å². The fourth-order valence-corrected chi connectivity index (χ4v) is 3.42. The Balaban J connectivity index is 1.68. The van der Waals surface area contributed by atoms with Crippen LogP contribution in [0.5, 0.6) is 0 Å². The highest BCUT2D eigenvalue weighted by Crippen LogP contribution is 2.27. The zero-order valence-electron chi connectivity index (χ0n) is 11.4. The predicted molar refractivity (Wildman–Crippen MR) is 72.2 cm³/mol. The fraction of sp³-hybridized carbons (Fsp3) is 0.933. The average molecular weight is 253 g/mol. The number of aliphatic hydroxyl groups excluding tert-OH is 1. The summed E-state index contributed by atoms with van der Waals surface area (Å²) in [6, 6.07) is 0. The van der Waals surface area contributed by atoms with Gasteiger partial charge in [-0.2, -0.15) is 0 Å². The van der Waals surface area contributed by atoms with Gasteiger partial charge in [0.05, 0.1) is 0 Å². The average Bonchev–Trinajstić information content (AvgIpc) is 2.39. The lowest BCUT2D eigenvalue weighted by atomic mass is 9.86. The van der Waals surface area contributed by atoms with Gasteiger partial charge in [-0.25, -0.2) is 0 Å². The van der Waals surface area contributed by atoms with Crippen molar-refractivity contribution >= 4 is 5.91 Å². The normalized spacial score (nSPS) is 26.6. The standard InChI is InChI=1S/C15H27NO2/c17-11-8-14-7-10-16(15(18)12-14)9-6-13-4-2-1-3-5-13/h13-14,17H,1-12H2. The van der Waals surface area contributed by atoms with Gasteiger partial charge in [-0.1, -0.05) is 32.1 Å². The van der Waals surface area contributed by atoms with E-state index in [4.69, 9.17) is 5.11 Å². The maximum Gasteiger partial charge on any atom is 0.222 e. The van der Waals surface area contributed by atoms with Crippen molar-refractivity contribution < 1.29 is 9.90 Å². The van der Waals surface area contributed by atoms with Gasteiger partial charge in [-0.3, -0.25) is 4.79 Å². The van der Waals surface area contributed by atoms with E-state index in [0.29, 0.717) is 18.2 Å². The lowest BCUT2D eigenvalue weighted by Crippen LogP contribution is -2.40. The van der Waals surface area contributed by atoms with Gasteiger partial charge in [-0.15, -0.1) is 0 Å². The van der Waals surface area contributed by atoms with Gasteiger partial charge in [0.15, 0.2) is 0 Å². The second kappa shape index (κ2) is 7.13. The molecular formula is C15H27NO2. The number of aliphatic hydroxyl groups is 1. The first kappa shape index (κ1) is 13.9. The molecule has 0 aromatic rings. The first-order valence-electron chi connectivity index (χ1n) is 7.68. The van der Waals surface area contributed by atoms with E-state index in [2.05, 4.69) is 4.90 Å². The summed E-state index contributed by atoms with van der Waals surface area (Å²) < 4.78 is 0. The van der Waals surface area contributed by atoms with Gasteiger partial charge in [-0.05, 0) is 31.1 Å². The molecule has 3 heteroatoms. The molecule has 1 heterocycles. The first-order valence-corrected chi connectivity index (χ1v) is 7.68. The number of hydrogen-bond donors (Lipinski definition) is 1. The van der Waals surface area contributed by atoms with Crippen molar-refractivity contribution in [2.75, 3.05) is 19.7 Å². The summed E-state index contributed by atoms with van der Waals surface area (Å²) in [4.78, 5) is 14.1. The van der Waals surface area contributed by atoms with Gasteiger partial charge < -0.3 is 10.0 Å². The first-order chi connectivity index (χ1) is 8.79. The van der Waals surface area contributed by atoms with Crippen LogP contribution >= 0.6 is 0 Å². The van der Waals surface area contributed by atoms with Gasteiger partial charge in [0.2, 0.25) is 5.91 Å². The third-order valence-corrected chi connectivity index (χ3v) is 4.69. The van der Waals surface area contributed by atoms with Crippen LogP contribution in [0, 0.1) is 11.8 Å². The minimum absolute atomic E-state index is 0.222. The molecule has 0 bridgehead atoms. The monoisotopic (exact) mass is 253 g/mol. The Hall–Kier alpha value is -0.570. The van der Waals surface area contributed by atoms with Crippen molar-refractivity contribution in [3.8, 4) is 0 Å². The molecule has 1 saturated heterocycles. The van der Waals surface area contributed by atoms with Crippen LogP contribution < -0.4 is 0 Å². The lowest BCUT2D eigenvalue weighted by molar-refractivity contribution is -0.135. The molecule has 1 N–H and O–H groups in total. The van der Waals surface area contributed by atoms with Crippen molar-refractivity contribution in [1.29, 1.82) is 0 Å². The maximum absolute atomic E-state index is 12.0. The zero-order valence-corrected chi connectivity index (χ0v) is 11.4. The molecule has 1 saturated carbocycles. The highest BCUT2D eigenvalue weighted by molar-refractivity contribution is 5.77. The van der Waals surface area contributed by atoms with E-state index >= 15 is 0 Å². The highest BCUT2D eigenvalue weighted by Gasteiger charge is 2.25. The summed E-state index contributed by atoms with van der Waals surface area (Å²) in [6.07, 6.45) is 10.7. The topological polar surface area (TPSA) is 40.5 Å². The van der Waals surface area contributed by atoms with Crippen LogP contribution in [0.4, 0.5) is 0 Å². The van der Waals surface area contributed by atoms with Crippen LogP contribution in [0.1, 0.15) is 57.8 Å². The van der Waals surface area contributed by atoms with Gasteiger partial charge in [0, 0.05) is 26.1 Å². The highest BCUT2D eigenvalue weighted by atomic mass is 16.3. The smallest absolute Gasteiger partial charge is 0.222 e. The summed E-state index contributed by atoms with van der Waals surface area (Å²) >= 11 is 0. The molecule has 2 rings (SSSR count). The van der Waals surface area contributed by atoms with Crippen LogP contribution in [0.2, 0.25) is 0 Å². The molecule has 1 aliphatic carbocycles. The number of rotatable bonds is 5. The summed E-state index contributed by atoms with van der Waals surface area (Å²) in [6.45, 7) is 2.10. The Kier molecular flexibility index (Phi) is 5.48. The molecule has 0 radical (unpaired) electrons. The number of nitrogens with zero attached hydrogens (tertiary/aromatic N) is 1. The van der Waals surface area contributed by atoms with Gasteiger partial charge >= 0.3 is 0 Å². The molecule has 0 aromatic heterocycles. The number of likely N-dealkylation sites (tertiary alicyclic amines) is 1. The summed E-state index contributed by atoms with van der Waals surface area (Å²) in [5.41, 5.74) is 0. The third kappa shape index (κ3) is 3.98. The van der Waals surface area contributed by atoms with E-state index < -0.39 is 0 Å². The number of hydrogen-bond acceptors (Lipinski definition) is 2. The molecule has 3 nitrogen and oxygen atoms in total. The molecule has 1 unspecified atom stereocenters. The van der Waals surface area contributed by atoms with E-state index in [-0.39, 0.29) is 6.61 Å². The summed E-state index contributed by atoms with van der Waals surface area (Å²) in [7, 11) is 0. The number of carbonyl (C=O) groups excluding carboxylic acids is 1. The van der Waals surface area contributed by atoms with E-state index in [9.17, 15) is 4.79 Å². The molecule has 104 valence electrons. The Morgan fingerprint density at radius 2 is 1.83 bits per heavy atom. The Labute approximate surface area is 111 Å². The van der Waals surface area contributed by atoms with Crippen molar-refractivity contribution in [3.63, 3.8) is 0 Å². The SMILES string of the molecule is O=C1CC(CCO)CCN1CCC1CCCCC1. The molecule has 1 amide bonds. The van der Waals surface area contributed by atoms with Crippen LogP contribution in [-0.2, 0) is 4.79 Å². The van der Waals surface area contributed by atoms with E-state index in [1.165, 1.54) is 38.5 Å². The Bertz CT molecular complexity index is 261. The molecule has 0 spiro atoms. The molecule has 1 aliphatic heterocycles. The largest absolute Gasteiger partial charge is 0.396 e. The minimum Gasteiger partial charge on any atom is -0.396 e. The number of piperidine rings is 1. The molecule has 1 atom stereocenters. The van der Waals surface area contributed by atoms with Crippen LogP contribution in [-0.4, -0.2) is 35.6 Å². The zero-order chi connectivity index (χ0) is 12.8. The second-order valence-electron chi connectivity index (χ2n) is 6.04. The van der Waals surface area contributed by atoms with Crippen LogP contribution in [0.3, 0.4) is 0 Å². The lowest BCUT2D eigenvalue weighted by Gasteiger charge is -2.33. The van der Waals surface area contributed by atoms with Crippen molar-refractivity contribution in [3.05, 3.63) is 0 Å². The second-order valence-corrected chi connectivity index (χ2v) is 6.04. The van der Waals surface area contributed by atoms with Crippen molar-refractivity contribution in [2.24, 2.45) is 11.8 Å². The van der Waals surface area contributed by atoms with Crippen LogP contribution in [0.25, 0.3) is 0 Å². The Morgan fingerprint density at radius 3 is 2.50 bits per heavy atom. The van der Waals surface area contributed by atoms with Gasteiger partial charge in [0.25, 0.3) is 0 Å². The van der Waals surface area contributed by atoms with Crippen molar-refractivity contribution in [2.45, 2.75) is 57.8 Å². The quantitative estimate of drug-likeness (QED) is 0.818. The molecule has 2 aliphatic rings. The molecule has 2 fully saturated rings. The third-order valence-electron chi connectivity index (χ3n) is 4.69. The summed E-state index contributed by atoms with van der Waals surface area (Å²) in [5.74, 6) is 1.60. The fourth-order valence-electron chi connectivity index (χ4n) is 3.42. The van der Waals surface area contributed by atoms with Crippen LogP contribution in [0.15, 0.2) is 0 Å². The van der Waals surface area contributed by atoms with E-state index in [1.807, 2.05) is 0 Å². The maximum atomic E-state index is 12.0. The number of carbonyl (C=O) groups is 1. The Morgan fingerprint density at radius 1 is 1.06 bits per heavy atom.